The maximum atomic E-state index is 9.56. The van der Waals surface area contributed by atoms with Crippen LogP contribution in [0.25, 0.3) is 0 Å². The van der Waals surface area contributed by atoms with Crippen molar-refractivity contribution < 1.29 is 14.5 Å². The summed E-state index contributed by atoms with van der Waals surface area (Å²) in [6.07, 6.45) is -0.885. The molecule has 1 atom stereocenters. The number of fused-ring (bicyclic) bond motifs is 1. The average molecular weight is 225 g/mol. The van der Waals surface area contributed by atoms with Gasteiger partial charge >= 0.3 is 7.48 Å². The zero-order valence-corrected chi connectivity index (χ0v) is 9.04. The number of aliphatic hydroxyl groups is 1. The molecule has 4 heteroatoms. The number of hydrogen-bond acceptors (Lipinski definition) is 3. The van der Waals surface area contributed by atoms with Crippen LogP contribution in [-0.2, 0) is 4.65 Å². The van der Waals surface area contributed by atoms with Crippen molar-refractivity contribution in [2.75, 3.05) is 0 Å². The van der Waals surface area contributed by atoms with E-state index < -0.39 is 6.29 Å². The van der Waals surface area contributed by atoms with Crippen LogP contribution in [0.1, 0.15) is 11.9 Å². The molecule has 1 aliphatic rings. The van der Waals surface area contributed by atoms with E-state index in [2.05, 4.69) is 0 Å². The molecule has 2 aromatic carbocycles. The van der Waals surface area contributed by atoms with Gasteiger partial charge < -0.3 is 14.5 Å². The molecule has 0 aliphatic carbocycles. The highest BCUT2D eigenvalue weighted by atomic mass is 16.6. The van der Waals surface area contributed by atoms with Crippen molar-refractivity contribution >= 4 is 12.9 Å². The fraction of sp³-hybridized carbons (Fsp3) is 0.0769. The molecule has 83 valence electrons. The van der Waals surface area contributed by atoms with Gasteiger partial charge in [-0.15, -0.1) is 0 Å². The van der Waals surface area contributed by atoms with Gasteiger partial charge in [0, 0.05) is 5.56 Å². The van der Waals surface area contributed by atoms with E-state index in [0.717, 1.165) is 16.8 Å². The lowest BCUT2D eigenvalue weighted by atomic mass is 9.87. The van der Waals surface area contributed by atoms with Crippen LogP contribution in [0, 0.1) is 0 Å². The molecule has 3 nitrogen and oxygen atoms in total. The molecular formula is C13H10BO3. The minimum absolute atomic E-state index is 0.688. The smallest absolute Gasteiger partial charge is 0.334 e. The van der Waals surface area contributed by atoms with Crippen LogP contribution in [0.2, 0.25) is 0 Å². The van der Waals surface area contributed by atoms with Gasteiger partial charge in [-0.25, -0.2) is 0 Å². The Labute approximate surface area is 99.9 Å². The molecule has 17 heavy (non-hydrogen) atoms. The van der Waals surface area contributed by atoms with Crippen molar-refractivity contribution in [3.63, 3.8) is 0 Å². The zero-order valence-electron chi connectivity index (χ0n) is 9.04. The first-order chi connectivity index (χ1) is 8.33. The Bertz CT molecular complexity index is 527. The number of ether oxygens (including phenoxy) is 1. The van der Waals surface area contributed by atoms with Crippen molar-refractivity contribution in [1.82, 2.24) is 0 Å². The van der Waals surface area contributed by atoms with Crippen molar-refractivity contribution in [3.8, 4) is 11.5 Å². The largest absolute Gasteiger partial charge is 0.457 e. The molecular weight excluding hydrogens is 215 g/mol. The lowest BCUT2D eigenvalue weighted by Gasteiger charge is -2.08. The maximum Gasteiger partial charge on any atom is 0.334 e. The molecule has 0 amide bonds. The summed E-state index contributed by atoms with van der Waals surface area (Å²) in [5.41, 5.74) is 1.62. The molecule has 1 radical (unpaired) electrons. The predicted molar refractivity (Wildman–Crippen MR) is 64.4 cm³/mol. The van der Waals surface area contributed by atoms with Gasteiger partial charge in [-0.1, -0.05) is 24.3 Å². The van der Waals surface area contributed by atoms with E-state index in [4.69, 9.17) is 9.39 Å². The minimum Gasteiger partial charge on any atom is -0.457 e. The lowest BCUT2D eigenvalue weighted by molar-refractivity contribution is -0.00804. The van der Waals surface area contributed by atoms with Crippen LogP contribution in [0.5, 0.6) is 11.5 Å². The Morgan fingerprint density at radius 3 is 2.71 bits per heavy atom. The molecule has 0 fully saturated rings. The molecule has 0 spiro atoms. The number of aliphatic hydroxyl groups excluding tert-OH is 1. The van der Waals surface area contributed by atoms with Gasteiger partial charge in [-0.05, 0) is 29.7 Å². The molecule has 2 aromatic rings. The summed E-state index contributed by atoms with van der Waals surface area (Å²) in [6, 6.07) is 15.0. The summed E-state index contributed by atoms with van der Waals surface area (Å²) in [4.78, 5) is 0. The van der Waals surface area contributed by atoms with Crippen LogP contribution >= 0.6 is 0 Å². The second kappa shape index (κ2) is 4.24. The second-order valence-corrected chi connectivity index (χ2v) is 3.81. The van der Waals surface area contributed by atoms with E-state index >= 15 is 0 Å². The summed E-state index contributed by atoms with van der Waals surface area (Å²) in [6.45, 7) is 0. The van der Waals surface area contributed by atoms with E-state index in [1.54, 1.807) is 13.5 Å². The van der Waals surface area contributed by atoms with Crippen LogP contribution in [0.3, 0.4) is 0 Å². The first-order valence-corrected chi connectivity index (χ1v) is 5.36. The molecule has 0 saturated heterocycles. The van der Waals surface area contributed by atoms with Gasteiger partial charge in [0.25, 0.3) is 0 Å². The van der Waals surface area contributed by atoms with Crippen LogP contribution in [0.15, 0.2) is 48.5 Å². The van der Waals surface area contributed by atoms with E-state index in [1.807, 2.05) is 42.5 Å². The summed E-state index contributed by atoms with van der Waals surface area (Å²) < 4.78 is 10.7. The van der Waals surface area contributed by atoms with E-state index in [-0.39, 0.29) is 0 Å². The van der Waals surface area contributed by atoms with Crippen LogP contribution in [-0.4, -0.2) is 12.6 Å². The summed E-state index contributed by atoms with van der Waals surface area (Å²) in [7, 11) is 1.55. The Kier molecular flexibility index (Phi) is 2.59. The van der Waals surface area contributed by atoms with Gasteiger partial charge in [0.1, 0.15) is 11.5 Å². The van der Waals surface area contributed by atoms with Gasteiger partial charge in [0.15, 0.2) is 6.29 Å². The normalized spacial score (nSPS) is 17.4. The van der Waals surface area contributed by atoms with E-state index in [0.29, 0.717) is 5.75 Å². The van der Waals surface area contributed by atoms with Crippen molar-refractivity contribution in [3.05, 3.63) is 54.1 Å². The first-order valence-electron chi connectivity index (χ1n) is 5.36. The van der Waals surface area contributed by atoms with Gasteiger partial charge in [0.05, 0.1) is 0 Å². The predicted octanol–water partition coefficient (Wildman–Crippen LogP) is 1.74. The highest BCUT2D eigenvalue weighted by Gasteiger charge is 2.22. The third kappa shape index (κ3) is 2.05. The number of benzene rings is 2. The fourth-order valence-electron chi connectivity index (χ4n) is 1.77. The highest BCUT2D eigenvalue weighted by molar-refractivity contribution is 6.49. The maximum absolute atomic E-state index is 9.56. The first kappa shape index (κ1) is 10.4. The molecule has 3 rings (SSSR count). The van der Waals surface area contributed by atoms with Crippen molar-refractivity contribution in [2.24, 2.45) is 0 Å². The summed E-state index contributed by atoms with van der Waals surface area (Å²) in [5.74, 6) is 1.46. The molecule has 1 unspecified atom stereocenters. The topological polar surface area (TPSA) is 38.7 Å². The van der Waals surface area contributed by atoms with E-state index in [1.165, 1.54) is 0 Å². The van der Waals surface area contributed by atoms with Crippen LogP contribution in [0.4, 0.5) is 0 Å². The lowest BCUT2D eigenvalue weighted by Crippen LogP contribution is -2.10. The Morgan fingerprint density at radius 2 is 1.88 bits per heavy atom. The number of rotatable bonds is 2. The SMILES string of the molecule is OC1O[B]c2ccc(Oc3ccccc3)cc21. The Hall–Kier alpha value is -1.78. The van der Waals surface area contributed by atoms with E-state index in [9.17, 15) is 5.11 Å². The van der Waals surface area contributed by atoms with Gasteiger partial charge in [-0.2, -0.15) is 0 Å². The second-order valence-electron chi connectivity index (χ2n) is 3.81. The Morgan fingerprint density at radius 1 is 1.06 bits per heavy atom. The highest BCUT2D eigenvalue weighted by Crippen LogP contribution is 2.25. The van der Waals surface area contributed by atoms with Gasteiger partial charge in [0.2, 0.25) is 0 Å². The van der Waals surface area contributed by atoms with Crippen molar-refractivity contribution in [2.45, 2.75) is 6.29 Å². The minimum atomic E-state index is -0.885. The molecule has 1 heterocycles. The third-order valence-corrected chi connectivity index (χ3v) is 2.63. The van der Waals surface area contributed by atoms with Crippen LogP contribution < -0.4 is 10.2 Å². The monoisotopic (exact) mass is 225 g/mol. The van der Waals surface area contributed by atoms with Gasteiger partial charge in [-0.3, -0.25) is 0 Å². The molecule has 1 N–H and O–H groups in total. The fourth-order valence-corrected chi connectivity index (χ4v) is 1.77. The zero-order chi connectivity index (χ0) is 11.7. The Balaban J connectivity index is 1.88. The molecule has 0 saturated carbocycles. The van der Waals surface area contributed by atoms with Crippen molar-refractivity contribution in [1.29, 1.82) is 0 Å². The summed E-state index contributed by atoms with van der Waals surface area (Å²) >= 11 is 0. The standard InChI is InChI=1S/C13H10BO3/c15-13-11-8-10(6-7-12(11)14-17-13)16-9-4-2-1-3-5-9/h1-8,13,15H. The number of hydrogen-bond donors (Lipinski definition) is 1. The molecule has 0 aromatic heterocycles. The number of para-hydroxylation sites is 1. The average Bonchev–Trinajstić information content (AvgIpc) is 2.73. The quantitative estimate of drug-likeness (QED) is 0.791. The molecule has 1 aliphatic heterocycles. The molecule has 0 bridgehead atoms. The third-order valence-electron chi connectivity index (χ3n) is 2.63. The summed E-state index contributed by atoms with van der Waals surface area (Å²) in [5, 5.41) is 9.56.